The molecule has 3 rings (SSSR count). The predicted octanol–water partition coefficient (Wildman–Crippen LogP) is 4.63. The predicted molar refractivity (Wildman–Crippen MR) is 98.4 cm³/mol. The molecule has 0 radical (unpaired) electrons. The van der Waals surface area contributed by atoms with E-state index >= 15 is 0 Å². The van der Waals surface area contributed by atoms with Crippen molar-refractivity contribution in [3.05, 3.63) is 59.0 Å². The van der Waals surface area contributed by atoms with Crippen molar-refractivity contribution < 1.29 is 13.9 Å². The van der Waals surface area contributed by atoms with E-state index in [1.165, 1.54) is 6.26 Å². The fourth-order valence-corrected chi connectivity index (χ4v) is 2.64. The Labute approximate surface area is 148 Å². The van der Waals surface area contributed by atoms with E-state index in [1.807, 2.05) is 24.3 Å². The van der Waals surface area contributed by atoms with Crippen LogP contribution >= 0.6 is 15.9 Å². The highest BCUT2D eigenvalue weighted by Gasteiger charge is 2.10. The van der Waals surface area contributed by atoms with Crippen LogP contribution in [0.2, 0.25) is 0 Å². The van der Waals surface area contributed by atoms with Crippen LogP contribution in [0, 0.1) is 0 Å². The summed E-state index contributed by atoms with van der Waals surface area (Å²) >= 11 is 3.36. The van der Waals surface area contributed by atoms with Gasteiger partial charge in [0.05, 0.1) is 24.7 Å². The molecular formula is C19H17BrO4. The second-order valence-corrected chi connectivity index (χ2v) is 6.05. The maximum Gasteiger partial charge on any atom is 0.200 e. The van der Waals surface area contributed by atoms with Crippen LogP contribution in [0.3, 0.4) is 0 Å². The van der Waals surface area contributed by atoms with Crippen LogP contribution in [-0.2, 0) is 0 Å². The molecule has 0 saturated carbocycles. The van der Waals surface area contributed by atoms with Gasteiger partial charge in [-0.15, -0.1) is 0 Å². The van der Waals surface area contributed by atoms with Gasteiger partial charge in [0.2, 0.25) is 0 Å². The molecule has 0 fully saturated rings. The molecule has 2 aromatic carbocycles. The van der Waals surface area contributed by atoms with E-state index in [9.17, 15) is 4.79 Å². The molecule has 0 aliphatic heterocycles. The topological polar surface area (TPSA) is 48.7 Å². The lowest BCUT2D eigenvalue weighted by atomic mass is 10.1. The number of ether oxygens (including phenoxy) is 2. The highest BCUT2D eigenvalue weighted by Crippen LogP contribution is 2.24. The van der Waals surface area contributed by atoms with E-state index < -0.39 is 0 Å². The van der Waals surface area contributed by atoms with Crippen molar-refractivity contribution in [2.75, 3.05) is 19.0 Å². The molecule has 3 aromatic rings. The van der Waals surface area contributed by atoms with Gasteiger partial charge >= 0.3 is 0 Å². The molecule has 0 saturated heterocycles. The van der Waals surface area contributed by atoms with Gasteiger partial charge < -0.3 is 13.9 Å². The number of hydrogen-bond donors (Lipinski definition) is 0. The van der Waals surface area contributed by atoms with E-state index in [2.05, 4.69) is 15.9 Å². The first-order chi connectivity index (χ1) is 11.7. The molecule has 1 heterocycles. The van der Waals surface area contributed by atoms with Crippen molar-refractivity contribution in [3.8, 4) is 22.6 Å². The summed E-state index contributed by atoms with van der Waals surface area (Å²) in [6.07, 6.45) is 2.41. The summed E-state index contributed by atoms with van der Waals surface area (Å²) in [5.74, 6) is 1.44. The summed E-state index contributed by atoms with van der Waals surface area (Å²) in [7, 11) is 1.61. The molecule has 0 bridgehead atoms. The SMILES string of the molecule is COc1ccc(-c2coc3cc(OCCCBr)ccc3c2=O)cc1. The van der Waals surface area contributed by atoms with Gasteiger partial charge in [-0.3, -0.25) is 4.79 Å². The van der Waals surface area contributed by atoms with E-state index in [1.54, 1.807) is 25.3 Å². The average Bonchev–Trinajstić information content (AvgIpc) is 2.62. The summed E-state index contributed by atoms with van der Waals surface area (Å²) in [5.41, 5.74) is 1.78. The maximum absolute atomic E-state index is 12.7. The van der Waals surface area contributed by atoms with Crippen LogP contribution in [-0.4, -0.2) is 19.0 Å². The van der Waals surface area contributed by atoms with Crippen molar-refractivity contribution in [3.63, 3.8) is 0 Å². The van der Waals surface area contributed by atoms with E-state index in [4.69, 9.17) is 13.9 Å². The first-order valence-corrected chi connectivity index (χ1v) is 8.74. The Bertz CT molecular complexity index is 884. The standard InChI is InChI=1S/C19H17BrO4/c1-22-14-5-3-13(4-6-14)17-12-24-18-11-15(23-10-2-9-20)7-8-16(18)19(17)21/h3-8,11-12H,2,9-10H2,1H3. The minimum Gasteiger partial charge on any atom is -0.497 e. The highest BCUT2D eigenvalue weighted by atomic mass is 79.9. The zero-order chi connectivity index (χ0) is 16.9. The number of rotatable bonds is 6. The molecule has 0 spiro atoms. The summed E-state index contributed by atoms with van der Waals surface area (Å²) in [5, 5.41) is 1.43. The van der Waals surface area contributed by atoms with Crippen LogP contribution < -0.4 is 14.9 Å². The Kier molecular flexibility index (Phi) is 5.20. The van der Waals surface area contributed by atoms with Crippen LogP contribution in [0.25, 0.3) is 22.1 Å². The number of benzene rings is 2. The Balaban J connectivity index is 1.95. The minimum absolute atomic E-state index is 0.0616. The average molecular weight is 389 g/mol. The van der Waals surface area contributed by atoms with Gasteiger partial charge in [-0.2, -0.15) is 0 Å². The molecule has 0 N–H and O–H groups in total. The van der Waals surface area contributed by atoms with Crippen molar-refractivity contribution >= 4 is 26.9 Å². The van der Waals surface area contributed by atoms with Gasteiger partial charge in [-0.1, -0.05) is 28.1 Å². The largest absolute Gasteiger partial charge is 0.497 e. The van der Waals surface area contributed by atoms with Crippen LogP contribution in [0.15, 0.2) is 57.9 Å². The number of methoxy groups -OCH3 is 1. The lowest BCUT2D eigenvalue weighted by Gasteiger charge is -2.07. The summed E-state index contributed by atoms with van der Waals surface area (Å²) < 4.78 is 16.4. The van der Waals surface area contributed by atoms with E-state index in [-0.39, 0.29) is 5.43 Å². The molecule has 1 aromatic heterocycles. The lowest BCUT2D eigenvalue weighted by molar-refractivity contribution is 0.319. The van der Waals surface area contributed by atoms with Gasteiger partial charge in [-0.25, -0.2) is 0 Å². The molecule has 124 valence electrons. The minimum atomic E-state index is -0.0616. The maximum atomic E-state index is 12.7. The third-order valence-electron chi connectivity index (χ3n) is 3.69. The quantitative estimate of drug-likeness (QED) is 0.456. The number of halogens is 1. The van der Waals surface area contributed by atoms with Gasteiger partial charge in [0.1, 0.15) is 23.3 Å². The van der Waals surface area contributed by atoms with Crippen LogP contribution in [0.4, 0.5) is 0 Å². The summed E-state index contributed by atoms with van der Waals surface area (Å²) in [6, 6.07) is 12.6. The zero-order valence-corrected chi connectivity index (χ0v) is 14.8. The summed E-state index contributed by atoms with van der Waals surface area (Å²) in [6.45, 7) is 0.616. The third-order valence-corrected chi connectivity index (χ3v) is 4.25. The lowest BCUT2D eigenvalue weighted by Crippen LogP contribution is -2.05. The fraction of sp³-hybridized carbons (Fsp3) is 0.211. The van der Waals surface area contributed by atoms with Gasteiger partial charge in [-0.05, 0) is 36.2 Å². The number of alkyl halides is 1. The Morgan fingerprint density at radius 2 is 1.83 bits per heavy atom. The monoisotopic (exact) mass is 388 g/mol. The second kappa shape index (κ2) is 7.53. The number of fused-ring (bicyclic) bond motifs is 1. The Morgan fingerprint density at radius 1 is 1.08 bits per heavy atom. The fourth-order valence-electron chi connectivity index (χ4n) is 2.41. The normalized spacial score (nSPS) is 10.8. The first kappa shape index (κ1) is 16.6. The molecule has 0 atom stereocenters. The first-order valence-electron chi connectivity index (χ1n) is 7.61. The Hall–Kier alpha value is -2.27. The van der Waals surface area contributed by atoms with Gasteiger partial charge in [0, 0.05) is 11.4 Å². The smallest absolute Gasteiger partial charge is 0.200 e. The molecule has 4 nitrogen and oxygen atoms in total. The van der Waals surface area contributed by atoms with Gasteiger partial charge in [0.15, 0.2) is 5.43 Å². The van der Waals surface area contributed by atoms with Crippen molar-refractivity contribution in [2.45, 2.75) is 6.42 Å². The number of hydrogen-bond acceptors (Lipinski definition) is 4. The van der Waals surface area contributed by atoms with E-state index in [0.717, 1.165) is 23.1 Å². The van der Waals surface area contributed by atoms with Crippen LogP contribution in [0.1, 0.15) is 6.42 Å². The Morgan fingerprint density at radius 3 is 2.54 bits per heavy atom. The highest BCUT2D eigenvalue weighted by molar-refractivity contribution is 9.09. The van der Waals surface area contributed by atoms with Crippen LogP contribution in [0.5, 0.6) is 11.5 Å². The molecule has 24 heavy (non-hydrogen) atoms. The molecule has 0 aliphatic carbocycles. The molecule has 0 unspecified atom stereocenters. The van der Waals surface area contributed by atoms with Crippen molar-refractivity contribution in [1.29, 1.82) is 0 Å². The van der Waals surface area contributed by atoms with E-state index in [0.29, 0.717) is 28.9 Å². The van der Waals surface area contributed by atoms with Crippen molar-refractivity contribution in [1.82, 2.24) is 0 Å². The molecule has 0 amide bonds. The van der Waals surface area contributed by atoms with Gasteiger partial charge in [0.25, 0.3) is 0 Å². The second-order valence-electron chi connectivity index (χ2n) is 5.26. The molecule has 0 aliphatic rings. The molecule has 5 heteroatoms. The summed E-state index contributed by atoms with van der Waals surface area (Å²) in [4.78, 5) is 12.7. The molecular weight excluding hydrogens is 372 g/mol. The van der Waals surface area contributed by atoms with Crippen molar-refractivity contribution in [2.24, 2.45) is 0 Å². The zero-order valence-electron chi connectivity index (χ0n) is 13.3. The third kappa shape index (κ3) is 3.46.